The van der Waals surface area contributed by atoms with Gasteiger partial charge >= 0.3 is 0 Å². The quantitative estimate of drug-likeness (QED) is 0.177. The van der Waals surface area contributed by atoms with Crippen LogP contribution in [0.2, 0.25) is 0 Å². The molecule has 2 nitrogen and oxygen atoms in total. The van der Waals surface area contributed by atoms with Crippen LogP contribution in [0, 0.1) is 0 Å². The smallest absolute Gasteiger partial charge is 0.136 e. The summed E-state index contributed by atoms with van der Waals surface area (Å²) in [7, 11) is 0. The molecule has 1 aliphatic rings. The van der Waals surface area contributed by atoms with Gasteiger partial charge in [0, 0.05) is 33.2 Å². The molecule has 1 heterocycles. The van der Waals surface area contributed by atoms with Crippen molar-refractivity contribution in [2.45, 2.75) is 19.3 Å². The molecule has 0 radical (unpaired) electrons. The third-order valence-corrected chi connectivity index (χ3v) is 11.8. The van der Waals surface area contributed by atoms with E-state index >= 15 is 0 Å². The largest absolute Gasteiger partial charge is 0.456 e. The Morgan fingerprint density at radius 3 is 1.93 bits per heavy atom. The molecule has 0 saturated carbocycles. The molecule has 11 rings (SSSR count). The van der Waals surface area contributed by atoms with Crippen molar-refractivity contribution in [3.63, 3.8) is 0 Å². The standard InChI is InChI=1S/C53H37NO/c1-53(2)48-16-7-5-14-44(48)45-28-27-43(33-49(45)53)54(42-13-9-12-38(31-42)39-20-18-34-10-3-4-11-37(34)30-39)41-25-22-35(23-26-41)40-21-19-36-24-29-51-52(47(36)32-40)46-15-6-8-17-50(46)55-51/h3-33H,1-2H3. The van der Waals surface area contributed by atoms with E-state index in [1.807, 2.05) is 12.1 Å². The Kier molecular flexibility index (Phi) is 6.93. The maximum atomic E-state index is 6.24. The van der Waals surface area contributed by atoms with E-state index in [2.05, 4.69) is 195 Å². The Morgan fingerprint density at radius 1 is 0.382 bits per heavy atom. The first-order valence-corrected chi connectivity index (χ1v) is 19.1. The maximum Gasteiger partial charge on any atom is 0.136 e. The Labute approximate surface area is 320 Å². The Morgan fingerprint density at radius 2 is 1.04 bits per heavy atom. The molecule has 0 N–H and O–H groups in total. The van der Waals surface area contributed by atoms with Crippen LogP contribution in [0.5, 0.6) is 0 Å². The summed E-state index contributed by atoms with van der Waals surface area (Å²) in [6, 6.07) is 68.6. The lowest BCUT2D eigenvalue weighted by atomic mass is 9.82. The van der Waals surface area contributed by atoms with Crippen molar-refractivity contribution in [1.29, 1.82) is 0 Å². The van der Waals surface area contributed by atoms with Crippen LogP contribution in [0.15, 0.2) is 192 Å². The summed E-state index contributed by atoms with van der Waals surface area (Å²) >= 11 is 0. The highest BCUT2D eigenvalue weighted by molar-refractivity contribution is 6.19. The summed E-state index contributed by atoms with van der Waals surface area (Å²) in [6.07, 6.45) is 0. The fraction of sp³-hybridized carbons (Fsp3) is 0.0566. The molecule has 10 aromatic rings. The molecule has 260 valence electrons. The average molecular weight is 704 g/mol. The van der Waals surface area contributed by atoms with Gasteiger partial charge in [-0.25, -0.2) is 0 Å². The molecule has 0 atom stereocenters. The average Bonchev–Trinajstić information content (AvgIpc) is 3.73. The monoisotopic (exact) mass is 703 g/mol. The summed E-state index contributed by atoms with van der Waals surface area (Å²) in [5, 5.41) is 7.23. The second kappa shape index (κ2) is 12.1. The highest BCUT2D eigenvalue weighted by atomic mass is 16.3. The van der Waals surface area contributed by atoms with E-state index < -0.39 is 0 Å². The normalized spacial score (nSPS) is 13.1. The van der Waals surface area contributed by atoms with Gasteiger partial charge in [-0.3, -0.25) is 0 Å². The zero-order valence-electron chi connectivity index (χ0n) is 30.8. The van der Waals surface area contributed by atoms with Gasteiger partial charge in [-0.05, 0) is 127 Å². The summed E-state index contributed by atoms with van der Waals surface area (Å²) < 4.78 is 6.24. The van der Waals surface area contributed by atoms with Crippen LogP contribution < -0.4 is 4.90 Å². The number of rotatable bonds is 5. The van der Waals surface area contributed by atoms with E-state index in [9.17, 15) is 0 Å². The molecule has 1 aromatic heterocycles. The summed E-state index contributed by atoms with van der Waals surface area (Å²) in [5.41, 5.74) is 15.2. The van der Waals surface area contributed by atoms with E-state index in [1.54, 1.807) is 0 Å². The molecule has 0 amide bonds. The zero-order chi connectivity index (χ0) is 36.7. The molecule has 9 aromatic carbocycles. The van der Waals surface area contributed by atoms with Crippen LogP contribution in [-0.4, -0.2) is 0 Å². The predicted octanol–water partition coefficient (Wildman–Crippen LogP) is 15.0. The minimum Gasteiger partial charge on any atom is -0.456 e. The molecule has 0 bridgehead atoms. The van der Waals surface area contributed by atoms with E-state index in [4.69, 9.17) is 4.42 Å². The van der Waals surface area contributed by atoms with Crippen LogP contribution in [-0.2, 0) is 5.41 Å². The van der Waals surface area contributed by atoms with Crippen molar-refractivity contribution in [2.75, 3.05) is 4.90 Å². The SMILES string of the molecule is CC1(C)c2ccccc2-c2ccc(N(c3ccc(-c4ccc5ccc6oc7ccccc7c6c5c4)cc3)c3cccc(-c4ccc5ccccc5c4)c3)cc21. The van der Waals surface area contributed by atoms with Gasteiger partial charge in [0.15, 0.2) is 0 Å². The van der Waals surface area contributed by atoms with Crippen molar-refractivity contribution >= 4 is 60.5 Å². The Bertz CT molecular complexity index is 3130. The number of furan rings is 1. The fourth-order valence-electron chi connectivity index (χ4n) is 9.00. The molecule has 0 spiro atoms. The van der Waals surface area contributed by atoms with Crippen molar-refractivity contribution in [3.05, 3.63) is 199 Å². The zero-order valence-corrected chi connectivity index (χ0v) is 30.8. The first-order chi connectivity index (χ1) is 27.0. The molecular formula is C53H37NO. The number of anilines is 3. The van der Waals surface area contributed by atoms with E-state index in [1.165, 1.54) is 71.4 Å². The van der Waals surface area contributed by atoms with Crippen LogP contribution in [0.4, 0.5) is 17.1 Å². The number of hydrogen-bond acceptors (Lipinski definition) is 2. The fourth-order valence-corrected chi connectivity index (χ4v) is 9.00. The highest BCUT2D eigenvalue weighted by Crippen LogP contribution is 2.51. The van der Waals surface area contributed by atoms with Crippen LogP contribution >= 0.6 is 0 Å². The number of benzene rings is 9. The lowest BCUT2D eigenvalue weighted by Crippen LogP contribution is -2.16. The Hall–Kier alpha value is -6.90. The van der Waals surface area contributed by atoms with Gasteiger partial charge in [0.25, 0.3) is 0 Å². The van der Waals surface area contributed by atoms with Crippen LogP contribution in [0.1, 0.15) is 25.0 Å². The van der Waals surface area contributed by atoms with Crippen molar-refractivity contribution in [2.24, 2.45) is 0 Å². The second-order valence-corrected chi connectivity index (χ2v) is 15.4. The lowest BCUT2D eigenvalue weighted by Gasteiger charge is -2.28. The minimum absolute atomic E-state index is 0.105. The van der Waals surface area contributed by atoms with E-state index in [0.29, 0.717) is 0 Å². The Balaban J connectivity index is 1.04. The highest BCUT2D eigenvalue weighted by Gasteiger charge is 2.35. The first kappa shape index (κ1) is 31.6. The van der Waals surface area contributed by atoms with Gasteiger partial charge in [0.1, 0.15) is 11.2 Å². The number of hydrogen-bond donors (Lipinski definition) is 0. The van der Waals surface area contributed by atoms with Crippen LogP contribution in [0.25, 0.3) is 76.9 Å². The van der Waals surface area contributed by atoms with Gasteiger partial charge in [-0.15, -0.1) is 0 Å². The van der Waals surface area contributed by atoms with Gasteiger partial charge < -0.3 is 9.32 Å². The van der Waals surface area contributed by atoms with Gasteiger partial charge in [0.2, 0.25) is 0 Å². The van der Waals surface area contributed by atoms with Crippen molar-refractivity contribution in [1.82, 2.24) is 0 Å². The molecule has 2 heteroatoms. The molecule has 0 aliphatic heterocycles. The van der Waals surface area contributed by atoms with Crippen molar-refractivity contribution in [3.8, 4) is 33.4 Å². The summed E-state index contributed by atoms with van der Waals surface area (Å²) in [4.78, 5) is 2.41. The molecule has 55 heavy (non-hydrogen) atoms. The number of para-hydroxylation sites is 1. The first-order valence-electron chi connectivity index (χ1n) is 19.1. The van der Waals surface area contributed by atoms with Crippen LogP contribution in [0.3, 0.4) is 0 Å². The molecule has 0 unspecified atom stereocenters. The van der Waals surface area contributed by atoms with Crippen molar-refractivity contribution < 1.29 is 4.42 Å². The van der Waals surface area contributed by atoms with Gasteiger partial charge in [-0.2, -0.15) is 0 Å². The maximum absolute atomic E-state index is 6.24. The predicted molar refractivity (Wildman–Crippen MR) is 232 cm³/mol. The lowest BCUT2D eigenvalue weighted by molar-refractivity contribution is 0.660. The molecular weight excluding hydrogens is 667 g/mol. The third kappa shape index (κ3) is 5.02. The molecule has 1 aliphatic carbocycles. The van der Waals surface area contributed by atoms with E-state index in [0.717, 1.165) is 33.6 Å². The summed E-state index contributed by atoms with van der Waals surface area (Å²) in [6.45, 7) is 4.70. The molecule has 0 fully saturated rings. The molecule has 0 saturated heterocycles. The number of fused-ring (bicyclic) bond motifs is 9. The topological polar surface area (TPSA) is 16.4 Å². The number of nitrogens with zero attached hydrogens (tertiary/aromatic N) is 1. The summed E-state index contributed by atoms with van der Waals surface area (Å²) in [5.74, 6) is 0. The third-order valence-electron chi connectivity index (χ3n) is 11.8. The van der Waals surface area contributed by atoms with Gasteiger partial charge in [-0.1, -0.05) is 141 Å². The van der Waals surface area contributed by atoms with E-state index in [-0.39, 0.29) is 5.41 Å². The second-order valence-electron chi connectivity index (χ2n) is 15.4. The minimum atomic E-state index is -0.105. The van der Waals surface area contributed by atoms with Gasteiger partial charge in [0.05, 0.1) is 0 Å².